The average Bonchev–Trinajstić information content (AvgIpc) is 3.46. The fourth-order valence-corrected chi connectivity index (χ4v) is 5.74. The Morgan fingerprint density at radius 1 is 1.18 bits per heavy atom. The van der Waals surface area contributed by atoms with Crippen molar-refractivity contribution in [3.05, 3.63) is 34.2 Å². The third-order valence-corrected chi connectivity index (χ3v) is 7.47. The number of fused-ring (bicyclic) bond motifs is 1. The van der Waals surface area contributed by atoms with Gasteiger partial charge in [0, 0.05) is 16.5 Å². The maximum Gasteiger partial charge on any atom is 0.341 e. The molecule has 1 aliphatic rings. The highest BCUT2D eigenvalue weighted by Gasteiger charge is 2.29. The van der Waals surface area contributed by atoms with Crippen LogP contribution in [0.2, 0.25) is 0 Å². The van der Waals surface area contributed by atoms with Crippen LogP contribution in [0.5, 0.6) is 11.5 Å². The van der Waals surface area contributed by atoms with E-state index in [1.54, 1.807) is 32.4 Å². The normalized spacial score (nSPS) is 14.9. The number of amides is 1. The standard InChI is InChI=1S/C23H25N3O6S2/c1-12-5-6-16-17(7-12)34-21(19(16)22(28)31-4)24-18(27)11-33-23-26-25-20(32-23)13-8-14(29-2)10-15(9-13)30-3/h8-10,12H,5-7,11H2,1-4H3,(H,24,27). The summed E-state index contributed by atoms with van der Waals surface area (Å²) in [6.45, 7) is 2.19. The molecule has 180 valence electrons. The lowest BCUT2D eigenvalue weighted by Crippen LogP contribution is -2.17. The molecule has 3 aromatic rings. The van der Waals surface area contributed by atoms with E-state index in [9.17, 15) is 9.59 Å². The molecule has 4 rings (SSSR count). The molecule has 34 heavy (non-hydrogen) atoms. The van der Waals surface area contributed by atoms with Crippen molar-refractivity contribution in [2.24, 2.45) is 5.92 Å². The molecule has 9 nitrogen and oxygen atoms in total. The third-order valence-electron chi connectivity index (χ3n) is 5.49. The number of hydrogen-bond acceptors (Lipinski definition) is 10. The van der Waals surface area contributed by atoms with E-state index in [2.05, 4.69) is 22.4 Å². The molecule has 0 fully saturated rings. The van der Waals surface area contributed by atoms with Crippen LogP contribution in [-0.2, 0) is 22.4 Å². The van der Waals surface area contributed by atoms with E-state index < -0.39 is 5.97 Å². The van der Waals surface area contributed by atoms with Crippen molar-refractivity contribution in [3.8, 4) is 23.0 Å². The third kappa shape index (κ3) is 5.20. The second-order valence-corrected chi connectivity index (χ2v) is 9.89. The molecule has 1 amide bonds. The van der Waals surface area contributed by atoms with E-state index in [0.717, 1.165) is 41.5 Å². The van der Waals surface area contributed by atoms with E-state index >= 15 is 0 Å². The lowest BCUT2D eigenvalue weighted by atomic mass is 9.88. The van der Waals surface area contributed by atoms with Gasteiger partial charge >= 0.3 is 5.97 Å². The Bertz CT molecular complexity index is 1180. The zero-order valence-corrected chi connectivity index (χ0v) is 20.9. The summed E-state index contributed by atoms with van der Waals surface area (Å²) in [4.78, 5) is 26.2. The molecule has 0 spiro atoms. The fraction of sp³-hybridized carbons (Fsp3) is 0.391. The first-order valence-electron chi connectivity index (χ1n) is 10.6. The smallest absolute Gasteiger partial charge is 0.341 e. The summed E-state index contributed by atoms with van der Waals surface area (Å²) in [7, 11) is 4.47. The van der Waals surface area contributed by atoms with Crippen molar-refractivity contribution in [3.63, 3.8) is 0 Å². The Kier molecular flexibility index (Phi) is 7.42. The Hall–Kier alpha value is -3.05. The molecule has 2 heterocycles. The number of nitrogens with zero attached hydrogens (tertiary/aromatic N) is 2. The molecule has 1 unspecified atom stereocenters. The minimum absolute atomic E-state index is 0.0443. The van der Waals surface area contributed by atoms with Crippen LogP contribution in [0.4, 0.5) is 5.00 Å². The summed E-state index contributed by atoms with van der Waals surface area (Å²) >= 11 is 2.56. The number of carbonyl (C=O) groups excluding carboxylic acids is 2. The highest BCUT2D eigenvalue weighted by atomic mass is 32.2. The molecule has 1 N–H and O–H groups in total. The molecule has 11 heteroatoms. The number of thioether (sulfide) groups is 1. The number of hydrogen-bond donors (Lipinski definition) is 1. The maximum atomic E-state index is 12.7. The van der Waals surface area contributed by atoms with Gasteiger partial charge in [-0.15, -0.1) is 21.5 Å². The van der Waals surface area contributed by atoms with Gasteiger partial charge in [0.2, 0.25) is 11.8 Å². The van der Waals surface area contributed by atoms with Crippen LogP contribution in [0.3, 0.4) is 0 Å². The van der Waals surface area contributed by atoms with Gasteiger partial charge in [-0.3, -0.25) is 4.79 Å². The first-order valence-corrected chi connectivity index (χ1v) is 12.4. The zero-order chi connectivity index (χ0) is 24.2. The van der Waals surface area contributed by atoms with Gasteiger partial charge in [-0.2, -0.15) is 0 Å². The minimum Gasteiger partial charge on any atom is -0.497 e. The van der Waals surface area contributed by atoms with Gasteiger partial charge in [-0.05, 0) is 42.9 Å². The Morgan fingerprint density at radius 3 is 2.59 bits per heavy atom. The van der Waals surface area contributed by atoms with Crippen LogP contribution < -0.4 is 14.8 Å². The number of rotatable bonds is 8. The zero-order valence-electron chi connectivity index (χ0n) is 19.3. The molecular weight excluding hydrogens is 478 g/mol. The summed E-state index contributed by atoms with van der Waals surface area (Å²) in [5, 5.41) is 11.7. The molecular formula is C23H25N3O6S2. The minimum atomic E-state index is -0.426. The maximum absolute atomic E-state index is 12.7. The van der Waals surface area contributed by atoms with E-state index in [1.807, 2.05) is 0 Å². The molecule has 1 atom stereocenters. The summed E-state index contributed by atoms with van der Waals surface area (Å²) < 4.78 is 21.2. The summed E-state index contributed by atoms with van der Waals surface area (Å²) in [5.74, 6) is 1.36. The number of carbonyl (C=O) groups is 2. The molecule has 0 bridgehead atoms. The number of ether oxygens (including phenoxy) is 3. The Labute approximate surface area is 205 Å². The molecule has 0 aliphatic heterocycles. The number of methoxy groups -OCH3 is 3. The quantitative estimate of drug-likeness (QED) is 0.352. The summed E-state index contributed by atoms with van der Waals surface area (Å²) in [5.41, 5.74) is 2.11. The lowest BCUT2D eigenvalue weighted by molar-refractivity contribution is -0.113. The SMILES string of the molecule is COC(=O)c1c(NC(=O)CSc2nnc(-c3cc(OC)cc(OC)c3)o2)sc2c1CCC(C)C2. The molecule has 0 saturated heterocycles. The number of thiophene rings is 1. The van der Waals surface area contributed by atoms with Gasteiger partial charge < -0.3 is 23.9 Å². The van der Waals surface area contributed by atoms with Crippen LogP contribution in [-0.4, -0.2) is 49.2 Å². The largest absolute Gasteiger partial charge is 0.497 e. The molecule has 1 aliphatic carbocycles. The Morgan fingerprint density at radius 2 is 1.91 bits per heavy atom. The first-order chi connectivity index (χ1) is 16.4. The van der Waals surface area contributed by atoms with Gasteiger partial charge in [-0.25, -0.2) is 4.79 Å². The average molecular weight is 504 g/mol. The van der Waals surface area contributed by atoms with E-state index in [1.165, 1.54) is 18.4 Å². The number of anilines is 1. The predicted molar refractivity (Wildman–Crippen MR) is 129 cm³/mol. The van der Waals surface area contributed by atoms with Gasteiger partial charge in [0.25, 0.3) is 5.22 Å². The first kappa shape index (κ1) is 24.1. The number of nitrogens with one attached hydrogen (secondary N) is 1. The van der Waals surface area contributed by atoms with Gasteiger partial charge in [0.05, 0.1) is 32.6 Å². The monoisotopic (exact) mass is 503 g/mol. The summed E-state index contributed by atoms with van der Waals surface area (Å²) in [6, 6.07) is 5.25. The second kappa shape index (κ2) is 10.5. The van der Waals surface area contributed by atoms with Crippen molar-refractivity contribution in [2.75, 3.05) is 32.4 Å². The van der Waals surface area contributed by atoms with Gasteiger partial charge in [-0.1, -0.05) is 18.7 Å². The van der Waals surface area contributed by atoms with Crippen LogP contribution in [0.15, 0.2) is 27.8 Å². The highest BCUT2D eigenvalue weighted by Crippen LogP contribution is 2.40. The Balaban J connectivity index is 1.44. The number of aromatic nitrogens is 2. The van der Waals surface area contributed by atoms with Crippen molar-refractivity contribution in [2.45, 2.75) is 31.4 Å². The van der Waals surface area contributed by atoms with Crippen LogP contribution in [0.25, 0.3) is 11.5 Å². The number of esters is 1. The second-order valence-electron chi connectivity index (χ2n) is 7.86. The predicted octanol–water partition coefficient (Wildman–Crippen LogP) is 4.46. The number of benzene rings is 1. The van der Waals surface area contributed by atoms with E-state index in [-0.39, 0.29) is 22.8 Å². The van der Waals surface area contributed by atoms with Gasteiger partial charge in [0.1, 0.15) is 16.5 Å². The van der Waals surface area contributed by atoms with Crippen molar-refractivity contribution < 1.29 is 28.2 Å². The molecule has 0 radical (unpaired) electrons. The summed E-state index contributed by atoms with van der Waals surface area (Å²) in [6.07, 6.45) is 2.71. The van der Waals surface area contributed by atoms with Crippen LogP contribution in [0, 0.1) is 5.92 Å². The molecule has 1 aromatic carbocycles. The highest BCUT2D eigenvalue weighted by molar-refractivity contribution is 7.99. The lowest BCUT2D eigenvalue weighted by Gasteiger charge is -2.18. The van der Waals surface area contributed by atoms with Crippen LogP contribution in [0.1, 0.15) is 34.1 Å². The fourth-order valence-electron chi connectivity index (χ4n) is 3.76. The van der Waals surface area contributed by atoms with E-state index in [0.29, 0.717) is 33.5 Å². The van der Waals surface area contributed by atoms with Crippen molar-refractivity contribution >= 4 is 40.0 Å². The van der Waals surface area contributed by atoms with Crippen molar-refractivity contribution in [1.29, 1.82) is 0 Å². The molecule has 0 saturated carbocycles. The van der Waals surface area contributed by atoms with Crippen molar-refractivity contribution in [1.82, 2.24) is 10.2 Å². The van der Waals surface area contributed by atoms with Crippen LogP contribution >= 0.6 is 23.1 Å². The van der Waals surface area contributed by atoms with Gasteiger partial charge in [0.15, 0.2) is 0 Å². The topological polar surface area (TPSA) is 113 Å². The molecule has 2 aromatic heterocycles. The van der Waals surface area contributed by atoms with E-state index in [4.69, 9.17) is 18.6 Å².